The molecule has 0 bridgehead atoms. The fourth-order valence-corrected chi connectivity index (χ4v) is 2.63. The number of nitrogens with zero attached hydrogens (tertiary/aromatic N) is 1. The van der Waals surface area contributed by atoms with Crippen molar-refractivity contribution in [2.24, 2.45) is 0 Å². The van der Waals surface area contributed by atoms with Crippen LogP contribution >= 0.6 is 12.8 Å². The molecule has 1 heterocycles. The van der Waals surface area contributed by atoms with E-state index in [-0.39, 0.29) is 0 Å². The van der Waals surface area contributed by atoms with Crippen LogP contribution in [0.15, 0.2) is 48.7 Å². The SMILES string of the molecule is [B]c1cn(S)c(C)c1-c1cccc2ccccc12. The molecule has 0 amide bonds. The molecule has 3 heteroatoms. The normalized spacial score (nSPS) is 11.0. The van der Waals surface area contributed by atoms with Crippen molar-refractivity contribution in [1.29, 1.82) is 0 Å². The quantitative estimate of drug-likeness (QED) is 0.499. The van der Waals surface area contributed by atoms with E-state index in [0.29, 0.717) is 0 Å². The summed E-state index contributed by atoms with van der Waals surface area (Å²) in [5.41, 5.74) is 4.06. The second-order valence-electron chi connectivity index (χ2n) is 4.42. The Morgan fingerprint density at radius 3 is 2.50 bits per heavy atom. The van der Waals surface area contributed by atoms with Crippen LogP contribution in [0.5, 0.6) is 0 Å². The molecular weight excluding hydrogens is 237 g/mol. The highest BCUT2D eigenvalue weighted by atomic mass is 32.1. The average Bonchev–Trinajstić information content (AvgIpc) is 2.63. The number of rotatable bonds is 1. The van der Waals surface area contributed by atoms with Gasteiger partial charge in [0.05, 0.1) is 0 Å². The fraction of sp³-hybridized carbons (Fsp3) is 0.0667. The zero-order chi connectivity index (χ0) is 12.7. The number of hydrogen-bond donors (Lipinski definition) is 1. The molecule has 0 saturated heterocycles. The molecule has 0 aliphatic carbocycles. The van der Waals surface area contributed by atoms with Crippen molar-refractivity contribution in [2.45, 2.75) is 6.92 Å². The molecule has 3 aromatic rings. The Morgan fingerprint density at radius 2 is 1.78 bits per heavy atom. The summed E-state index contributed by atoms with van der Waals surface area (Å²) >= 11 is 4.37. The number of aromatic nitrogens is 1. The number of fused-ring (bicyclic) bond motifs is 1. The van der Waals surface area contributed by atoms with Gasteiger partial charge in [-0.05, 0) is 28.8 Å². The zero-order valence-corrected chi connectivity index (χ0v) is 11.0. The van der Waals surface area contributed by atoms with Gasteiger partial charge in [0, 0.05) is 11.9 Å². The van der Waals surface area contributed by atoms with Gasteiger partial charge in [0.1, 0.15) is 7.85 Å². The van der Waals surface area contributed by atoms with Gasteiger partial charge in [0.25, 0.3) is 0 Å². The van der Waals surface area contributed by atoms with Gasteiger partial charge >= 0.3 is 0 Å². The summed E-state index contributed by atoms with van der Waals surface area (Å²) in [5.74, 6) is 0. The molecule has 0 saturated carbocycles. The predicted octanol–water partition coefficient (Wildman–Crippen LogP) is 3.10. The molecular formula is C15H12BNS. The first-order valence-electron chi connectivity index (χ1n) is 5.83. The lowest BCUT2D eigenvalue weighted by Crippen LogP contribution is -2.02. The van der Waals surface area contributed by atoms with Crippen LogP contribution < -0.4 is 5.46 Å². The lowest BCUT2D eigenvalue weighted by atomic mass is 9.88. The van der Waals surface area contributed by atoms with Crippen molar-refractivity contribution < 1.29 is 0 Å². The third-order valence-electron chi connectivity index (χ3n) is 3.31. The van der Waals surface area contributed by atoms with E-state index in [4.69, 9.17) is 7.85 Å². The van der Waals surface area contributed by atoms with Crippen molar-refractivity contribution in [3.8, 4) is 11.1 Å². The van der Waals surface area contributed by atoms with Gasteiger partial charge in [-0.15, -0.1) is 0 Å². The van der Waals surface area contributed by atoms with Crippen molar-refractivity contribution >= 4 is 36.9 Å². The molecule has 86 valence electrons. The molecule has 0 aliphatic rings. The van der Waals surface area contributed by atoms with Crippen molar-refractivity contribution in [2.75, 3.05) is 0 Å². The van der Waals surface area contributed by atoms with E-state index in [2.05, 4.69) is 49.2 Å². The van der Waals surface area contributed by atoms with Crippen molar-refractivity contribution in [3.05, 3.63) is 54.4 Å². The van der Waals surface area contributed by atoms with Gasteiger partial charge in [0.2, 0.25) is 0 Å². The second-order valence-corrected chi connectivity index (χ2v) is 4.85. The summed E-state index contributed by atoms with van der Waals surface area (Å²) in [7, 11) is 6.10. The predicted molar refractivity (Wildman–Crippen MR) is 81.9 cm³/mol. The minimum absolute atomic E-state index is 0.763. The minimum atomic E-state index is 0.763. The van der Waals surface area contributed by atoms with Crippen LogP contribution in [0.4, 0.5) is 0 Å². The first-order chi connectivity index (χ1) is 8.68. The van der Waals surface area contributed by atoms with Crippen LogP contribution in [0.25, 0.3) is 21.9 Å². The summed E-state index contributed by atoms with van der Waals surface area (Å²) < 4.78 is 1.77. The molecule has 2 radical (unpaired) electrons. The Labute approximate surface area is 113 Å². The van der Waals surface area contributed by atoms with Crippen LogP contribution in [0.3, 0.4) is 0 Å². The maximum Gasteiger partial charge on any atom is 0.116 e. The van der Waals surface area contributed by atoms with Crippen LogP contribution in [0.1, 0.15) is 5.69 Å². The molecule has 0 fully saturated rings. The Bertz CT molecular complexity index is 725. The standard InChI is InChI=1S/C15H12BNS/c1-10-15(14(16)9-17(10)18)13-8-4-6-11-5-2-3-7-12(11)13/h2-9,18H,1H3. The average molecular weight is 249 g/mol. The molecule has 1 aromatic heterocycles. The van der Waals surface area contributed by atoms with E-state index in [1.54, 1.807) is 3.97 Å². The summed E-state index contributed by atoms with van der Waals surface area (Å²) in [4.78, 5) is 0. The van der Waals surface area contributed by atoms with Crippen LogP contribution in [0.2, 0.25) is 0 Å². The van der Waals surface area contributed by atoms with Crippen molar-refractivity contribution in [3.63, 3.8) is 0 Å². The number of thiol groups is 1. The van der Waals surface area contributed by atoms with Crippen molar-refractivity contribution in [1.82, 2.24) is 3.97 Å². The second kappa shape index (κ2) is 4.25. The smallest absolute Gasteiger partial charge is 0.116 e. The van der Waals surface area contributed by atoms with Gasteiger partial charge in [-0.2, -0.15) is 0 Å². The lowest BCUT2D eigenvalue weighted by Gasteiger charge is -2.08. The molecule has 0 unspecified atom stereocenters. The fourth-order valence-electron chi connectivity index (χ4n) is 2.41. The van der Waals surface area contributed by atoms with Crippen LogP contribution in [-0.2, 0) is 0 Å². The van der Waals surface area contributed by atoms with E-state index in [1.807, 2.05) is 19.2 Å². The summed E-state index contributed by atoms with van der Waals surface area (Å²) in [5, 5.41) is 2.44. The molecule has 18 heavy (non-hydrogen) atoms. The Morgan fingerprint density at radius 1 is 1.06 bits per heavy atom. The minimum Gasteiger partial charge on any atom is -0.299 e. The monoisotopic (exact) mass is 249 g/mol. The third kappa shape index (κ3) is 1.66. The van der Waals surface area contributed by atoms with Gasteiger partial charge in [-0.3, -0.25) is 3.97 Å². The summed E-state index contributed by atoms with van der Waals surface area (Å²) in [6, 6.07) is 14.6. The molecule has 2 aromatic carbocycles. The van der Waals surface area contributed by atoms with Gasteiger partial charge in [-0.25, -0.2) is 0 Å². The number of hydrogen-bond acceptors (Lipinski definition) is 1. The first-order valence-corrected chi connectivity index (χ1v) is 6.23. The Kier molecular flexibility index (Phi) is 2.71. The van der Waals surface area contributed by atoms with Gasteiger partial charge in [-0.1, -0.05) is 60.7 Å². The topological polar surface area (TPSA) is 4.93 Å². The summed E-state index contributed by atoms with van der Waals surface area (Å²) in [6.07, 6.45) is 1.84. The van der Waals surface area contributed by atoms with E-state index in [0.717, 1.165) is 22.3 Å². The van der Waals surface area contributed by atoms with E-state index < -0.39 is 0 Å². The molecule has 1 nitrogen and oxygen atoms in total. The van der Waals surface area contributed by atoms with Gasteiger partial charge < -0.3 is 0 Å². The van der Waals surface area contributed by atoms with E-state index >= 15 is 0 Å². The molecule has 0 N–H and O–H groups in total. The maximum atomic E-state index is 6.10. The van der Waals surface area contributed by atoms with E-state index in [1.165, 1.54) is 10.8 Å². The highest BCUT2D eigenvalue weighted by Crippen LogP contribution is 2.30. The highest BCUT2D eigenvalue weighted by Gasteiger charge is 2.12. The molecule has 0 spiro atoms. The Balaban J connectivity index is 2.38. The van der Waals surface area contributed by atoms with E-state index in [9.17, 15) is 0 Å². The summed E-state index contributed by atoms with van der Waals surface area (Å²) in [6.45, 7) is 2.03. The van der Waals surface area contributed by atoms with Crippen LogP contribution in [0, 0.1) is 6.92 Å². The zero-order valence-electron chi connectivity index (χ0n) is 10.1. The largest absolute Gasteiger partial charge is 0.299 e. The molecule has 3 rings (SSSR count). The van der Waals surface area contributed by atoms with Crippen LogP contribution in [-0.4, -0.2) is 11.8 Å². The molecule has 0 atom stereocenters. The third-order valence-corrected chi connectivity index (χ3v) is 3.73. The lowest BCUT2D eigenvalue weighted by molar-refractivity contribution is 1.19. The maximum absolute atomic E-state index is 6.10. The van der Waals surface area contributed by atoms with Gasteiger partial charge in [0.15, 0.2) is 0 Å². The first kappa shape index (κ1) is 11.5. The molecule has 0 aliphatic heterocycles. The number of benzene rings is 2. The Hall–Kier alpha value is -1.61. The highest BCUT2D eigenvalue weighted by molar-refractivity contribution is 7.78.